The smallest absolute Gasteiger partial charge is 0.191 e. The highest BCUT2D eigenvalue weighted by molar-refractivity contribution is 5.79. The molecule has 0 aliphatic carbocycles. The van der Waals surface area contributed by atoms with E-state index in [9.17, 15) is 0 Å². The predicted molar refractivity (Wildman–Crippen MR) is 135 cm³/mol. The number of anilines is 1. The van der Waals surface area contributed by atoms with Crippen LogP contribution < -0.4 is 15.5 Å². The van der Waals surface area contributed by atoms with Gasteiger partial charge in [0.25, 0.3) is 0 Å². The number of hydrogen-bond acceptors (Lipinski definition) is 5. The first-order valence-electron chi connectivity index (χ1n) is 12.5. The second kappa shape index (κ2) is 13.7. The van der Waals surface area contributed by atoms with E-state index >= 15 is 0 Å². The molecule has 2 aliphatic heterocycles. The van der Waals surface area contributed by atoms with Crippen LogP contribution in [0.1, 0.15) is 26.7 Å². The van der Waals surface area contributed by atoms with Gasteiger partial charge in [0.15, 0.2) is 5.96 Å². The number of aliphatic imine (C=N–C) groups is 1. The van der Waals surface area contributed by atoms with Crippen molar-refractivity contribution in [3.05, 3.63) is 30.3 Å². The van der Waals surface area contributed by atoms with E-state index in [1.807, 2.05) is 7.05 Å². The number of unbranched alkanes of at least 4 members (excludes halogenated alkanes) is 1. The van der Waals surface area contributed by atoms with E-state index < -0.39 is 0 Å². The molecule has 2 fully saturated rings. The standard InChI is InChI=1S/C25H44N6O/c1-22(2)24(31-17-19-32-20-18-31)21-28-25(26-3)27-11-7-8-12-29-13-15-30(16-14-29)23-9-5-4-6-10-23/h4-6,9-10,22,24H,7-8,11-21H2,1-3H3,(H2,26,27,28). The van der Waals surface area contributed by atoms with Gasteiger partial charge in [-0.1, -0.05) is 32.0 Å². The molecule has 0 amide bonds. The monoisotopic (exact) mass is 444 g/mol. The Balaban J connectivity index is 1.27. The fraction of sp³-hybridized carbons (Fsp3) is 0.720. The summed E-state index contributed by atoms with van der Waals surface area (Å²) in [6, 6.07) is 11.3. The summed E-state index contributed by atoms with van der Waals surface area (Å²) in [6.07, 6.45) is 2.38. The molecule has 1 atom stereocenters. The molecule has 2 heterocycles. The second-order valence-electron chi connectivity index (χ2n) is 9.21. The number of benzene rings is 1. The minimum atomic E-state index is 0.506. The molecule has 0 spiro atoms. The maximum atomic E-state index is 5.52. The lowest BCUT2D eigenvalue weighted by atomic mass is 10.0. The molecule has 1 aromatic carbocycles. The first kappa shape index (κ1) is 24.8. The summed E-state index contributed by atoms with van der Waals surface area (Å²) in [5, 5.41) is 7.05. The summed E-state index contributed by atoms with van der Waals surface area (Å²) in [5.41, 5.74) is 1.35. The summed E-state index contributed by atoms with van der Waals surface area (Å²) in [6.45, 7) is 16.0. The van der Waals surface area contributed by atoms with Crippen molar-refractivity contribution in [1.82, 2.24) is 20.4 Å². The van der Waals surface area contributed by atoms with Gasteiger partial charge in [-0.25, -0.2) is 0 Å². The zero-order valence-electron chi connectivity index (χ0n) is 20.4. The van der Waals surface area contributed by atoms with Gasteiger partial charge in [0.1, 0.15) is 0 Å². The lowest BCUT2D eigenvalue weighted by Crippen LogP contribution is -2.52. The van der Waals surface area contributed by atoms with Crippen molar-refractivity contribution in [3.8, 4) is 0 Å². The predicted octanol–water partition coefficient (Wildman–Crippen LogP) is 2.11. The van der Waals surface area contributed by atoms with Gasteiger partial charge in [-0.3, -0.25) is 14.8 Å². The van der Waals surface area contributed by atoms with Crippen LogP contribution >= 0.6 is 0 Å². The Morgan fingerprint density at radius 2 is 1.69 bits per heavy atom. The molecule has 0 radical (unpaired) electrons. The minimum Gasteiger partial charge on any atom is -0.379 e. The van der Waals surface area contributed by atoms with Crippen molar-refractivity contribution in [2.45, 2.75) is 32.7 Å². The van der Waals surface area contributed by atoms with E-state index in [4.69, 9.17) is 4.74 Å². The van der Waals surface area contributed by atoms with Crippen molar-refractivity contribution in [2.24, 2.45) is 10.9 Å². The van der Waals surface area contributed by atoms with E-state index in [0.717, 1.165) is 78.0 Å². The fourth-order valence-corrected chi connectivity index (χ4v) is 4.65. The molecular formula is C25H44N6O. The summed E-state index contributed by atoms with van der Waals surface area (Å²) < 4.78 is 5.52. The molecule has 0 bridgehead atoms. The normalized spacial score (nSPS) is 19.9. The van der Waals surface area contributed by atoms with E-state index in [2.05, 4.69) is 74.5 Å². The number of morpholine rings is 1. The van der Waals surface area contributed by atoms with Crippen LogP contribution in [0.15, 0.2) is 35.3 Å². The molecule has 2 aliphatic rings. The summed E-state index contributed by atoms with van der Waals surface area (Å²) in [7, 11) is 1.86. The van der Waals surface area contributed by atoms with Crippen molar-refractivity contribution < 1.29 is 4.74 Å². The molecule has 2 N–H and O–H groups in total. The van der Waals surface area contributed by atoms with E-state index in [1.165, 1.54) is 18.7 Å². The number of piperazine rings is 1. The largest absolute Gasteiger partial charge is 0.379 e. The average molecular weight is 445 g/mol. The Morgan fingerprint density at radius 3 is 2.34 bits per heavy atom. The quantitative estimate of drug-likeness (QED) is 0.328. The molecule has 0 aromatic heterocycles. The lowest BCUT2D eigenvalue weighted by Gasteiger charge is -2.37. The zero-order valence-corrected chi connectivity index (χ0v) is 20.4. The third-order valence-electron chi connectivity index (χ3n) is 6.67. The highest BCUT2D eigenvalue weighted by Gasteiger charge is 2.24. The van der Waals surface area contributed by atoms with Crippen molar-refractivity contribution in [2.75, 3.05) is 84.1 Å². The number of nitrogens with one attached hydrogen (secondary N) is 2. The van der Waals surface area contributed by atoms with Crippen LogP contribution in [-0.2, 0) is 4.74 Å². The average Bonchev–Trinajstić information content (AvgIpc) is 2.84. The van der Waals surface area contributed by atoms with Gasteiger partial charge >= 0.3 is 0 Å². The van der Waals surface area contributed by atoms with Gasteiger partial charge in [-0.2, -0.15) is 0 Å². The molecule has 32 heavy (non-hydrogen) atoms. The number of hydrogen-bond donors (Lipinski definition) is 2. The molecule has 7 nitrogen and oxygen atoms in total. The van der Waals surface area contributed by atoms with Crippen LogP contribution in [0.4, 0.5) is 5.69 Å². The number of rotatable bonds is 10. The summed E-state index contributed by atoms with van der Waals surface area (Å²) >= 11 is 0. The fourth-order valence-electron chi connectivity index (χ4n) is 4.65. The summed E-state index contributed by atoms with van der Waals surface area (Å²) in [4.78, 5) is 12.1. The van der Waals surface area contributed by atoms with Crippen molar-refractivity contribution in [3.63, 3.8) is 0 Å². The number of guanidine groups is 1. The maximum Gasteiger partial charge on any atom is 0.191 e. The van der Waals surface area contributed by atoms with Crippen LogP contribution in [0.2, 0.25) is 0 Å². The minimum absolute atomic E-state index is 0.506. The van der Waals surface area contributed by atoms with Gasteiger partial charge in [0.05, 0.1) is 13.2 Å². The van der Waals surface area contributed by atoms with Gasteiger partial charge in [-0.05, 0) is 37.4 Å². The SMILES string of the molecule is CN=C(NCCCCN1CCN(c2ccccc2)CC1)NCC(C(C)C)N1CCOCC1. The maximum absolute atomic E-state index is 5.52. The lowest BCUT2D eigenvalue weighted by molar-refractivity contribution is 0.00752. The molecule has 2 saturated heterocycles. The Bertz CT molecular complexity index is 654. The Morgan fingerprint density at radius 1 is 0.969 bits per heavy atom. The number of para-hydroxylation sites is 1. The third kappa shape index (κ3) is 7.94. The summed E-state index contributed by atoms with van der Waals surface area (Å²) in [5.74, 6) is 1.52. The molecule has 7 heteroatoms. The van der Waals surface area contributed by atoms with Crippen LogP contribution in [-0.4, -0.2) is 101 Å². The Kier molecular flexibility index (Phi) is 10.6. The highest BCUT2D eigenvalue weighted by atomic mass is 16.5. The number of ether oxygens (including phenoxy) is 1. The van der Waals surface area contributed by atoms with E-state index in [0.29, 0.717) is 12.0 Å². The van der Waals surface area contributed by atoms with Crippen LogP contribution in [0.3, 0.4) is 0 Å². The third-order valence-corrected chi connectivity index (χ3v) is 6.67. The van der Waals surface area contributed by atoms with E-state index in [1.54, 1.807) is 0 Å². The molecular weight excluding hydrogens is 400 g/mol. The Labute approximate surface area is 195 Å². The van der Waals surface area contributed by atoms with Crippen LogP contribution in [0, 0.1) is 5.92 Å². The Hall–Kier alpha value is -1.83. The van der Waals surface area contributed by atoms with Crippen molar-refractivity contribution in [1.29, 1.82) is 0 Å². The molecule has 0 saturated carbocycles. The van der Waals surface area contributed by atoms with Gasteiger partial charge in [-0.15, -0.1) is 0 Å². The molecule has 180 valence electrons. The zero-order chi connectivity index (χ0) is 22.6. The highest BCUT2D eigenvalue weighted by Crippen LogP contribution is 2.15. The molecule has 3 rings (SSSR count). The van der Waals surface area contributed by atoms with Gasteiger partial charge in [0.2, 0.25) is 0 Å². The first-order valence-corrected chi connectivity index (χ1v) is 12.5. The number of nitrogens with zero attached hydrogens (tertiary/aromatic N) is 4. The van der Waals surface area contributed by atoms with Gasteiger partial charge in [0, 0.05) is 71.1 Å². The van der Waals surface area contributed by atoms with Gasteiger partial charge < -0.3 is 20.3 Å². The molecule has 1 unspecified atom stereocenters. The van der Waals surface area contributed by atoms with E-state index in [-0.39, 0.29) is 0 Å². The first-order chi connectivity index (χ1) is 15.7. The topological polar surface area (TPSA) is 55.4 Å². The molecule has 1 aromatic rings. The second-order valence-corrected chi connectivity index (χ2v) is 9.21. The van der Waals surface area contributed by atoms with Crippen LogP contribution in [0.25, 0.3) is 0 Å². The van der Waals surface area contributed by atoms with Crippen molar-refractivity contribution >= 4 is 11.6 Å². The van der Waals surface area contributed by atoms with Crippen LogP contribution in [0.5, 0.6) is 0 Å².